The van der Waals surface area contributed by atoms with Gasteiger partial charge >= 0.3 is 5.97 Å². The first-order valence-corrected chi connectivity index (χ1v) is 6.67. The zero-order valence-electron chi connectivity index (χ0n) is 10.6. The molecule has 18 heavy (non-hydrogen) atoms. The van der Waals surface area contributed by atoms with Crippen molar-refractivity contribution in [2.45, 2.75) is 38.5 Å². The predicted molar refractivity (Wildman–Crippen MR) is 69.9 cm³/mol. The number of rotatable bonds is 5. The second-order valence-corrected chi connectivity index (χ2v) is 5.03. The number of benzene rings is 1. The second-order valence-electron chi connectivity index (χ2n) is 5.03. The molecule has 0 aliphatic heterocycles. The molecule has 0 atom stereocenters. The largest absolute Gasteiger partial charge is 0.493 e. The number of carbonyl (C=O) groups is 1. The SMILES string of the molecule is O=C(O)Cc1ccc(OCC2CCCCC2)cc1. The molecular weight excluding hydrogens is 228 g/mol. The van der Waals surface area contributed by atoms with Gasteiger partial charge in [-0.15, -0.1) is 0 Å². The summed E-state index contributed by atoms with van der Waals surface area (Å²) in [4.78, 5) is 10.6. The Labute approximate surface area is 108 Å². The number of carboxylic acid groups (broad SMARTS) is 1. The summed E-state index contributed by atoms with van der Waals surface area (Å²) in [5.41, 5.74) is 0.813. The highest BCUT2D eigenvalue weighted by atomic mass is 16.5. The molecule has 1 aliphatic carbocycles. The first kappa shape index (κ1) is 12.9. The molecule has 98 valence electrons. The van der Waals surface area contributed by atoms with E-state index in [0.717, 1.165) is 17.9 Å². The standard InChI is InChI=1S/C15H20O3/c16-15(17)10-12-6-8-14(9-7-12)18-11-13-4-2-1-3-5-13/h6-9,13H,1-5,10-11H2,(H,16,17). The van der Waals surface area contributed by atoms with Gasteiger partial charge in [0.1, 0.15) is 5.75 Å². The van der Waals surface area contributed by atoms with Crippen molar-refractivity contribution in [3.05, 3.63) is 29.8 Å². The Kier molecular flexibility index (Phi) is 4.62. The van der Waals surface area contributed by atoms with Gasteiger partial charge in [-0.2, -0.15) is 0 Å². The monoisotopic (exact) mass is 248 g/mol. The number of carboxylic acids is 1. The van der Waals surface area contributed by atoms with Gasteiger partial charge in [-0.05, 0) is 36.5 Å². The van der Waals surface area contributed by atoms with Gasteiger partial charge in [0.25, 0.3) is 0 Å². The average molecular weight is 248 g/mol. The Morgan fingerprint density at radius 3 is 2.44 bits per heavy atom. The van der Waals surface area contributed by atoms with E-state index in [-0.39, 0.29) is 6.42 Å². The Morgan fingerprint density at radius 2 is 1.83 bits per heavy atom. The van der Waals surface area contributed by atoms with Crippen molar-refractivity contribution in [2.24, 2.45) is 5.92 Å². The quantitative estimate of drug-likeness (QED) is 0.869. The van der Waals surface area contributed by atoms with Crippen LogP contribution in [0.3, 0.4) is 0 Å². The van der Waals surface area contributed by atoms with E-state index < -0.39 is 5.97 Å². The second kappa shape index (κ2) is 6.43. The van der Waals surface area contributed by atoms with Gasteiger partial charge in [0, 0.05) is 0 Å². The summed E-state index contributed by atoms with van der Waals surface area (Å²) >= 11 is 0. The molecular formula is C15H20O3. The Bertz CT molecular complexity index is 377. The highest BCUT2D eigenvalue weighted by Gasteiger charge is 2.13. The molecule has 3 heteroatoms. The molecule has 0 amide bonds. The Hall–Kier alpha value is -1.51. The summed E-state index contributed by atoms with van der Waals surface area (Å²) in [6.07, 6.45) is 6.63. The summed E-state index contributed by atoms with van der Waals surface area (Å²) in [6, 6.07) is 7.37. The molecule has 0 saturated heterocycles. The molecule has 1 saturated carbocycles. The molecule has 1 aromatic carbocycles. The maximum Gasteiger partial charge on any atom is 0.307 e. The fourth-order valence-corrected chi connectivity index (χ4v) is 2.45. The number of ether oxygens (including phenoxy) is 1. The van der Waals surface area contributed by atoms with Gasteiger partial charge in [-0.3, -0.25) is 4.79 Å². The minimum atomic E-state index is -0.800. The molecule has 1 aromatic rings. The van der Waals surface area contributed by atoms with E-state index in [1.165, 1.54) is 32.1 Å². The average Bonchev–Trinajstić information content (AvgIpc) is 2.38. The Morgan fingerprint density at radius 1 is 1.17 bits per heavy atom. The molecule has 0 bridgehead atoms. The molecule has 0 aromatic heterocycles. The highest BCUT2D eigenvalue weighted by Crippen LogP contribution is 2.24. The summed E-state index contributed by atoms with van der Waals surface area (Å²) in [6.45, 7) is 0.790. The summed E-state index contributed by atoms with van der Waals surface area (Å²) < 4.78 is 5.76. The van der Waals surface area contributed by atoms with Crippen molar-refractivity contribution in [1.82, 2.24) is 0 Å². The maximum absolute atomic E-state index is 10.6. The van der Waals surface area contributed by atoms with E-state index in [0.29, 0.717) is 5.92 Å². The van der Waals surface area contributed by atoms with Crippen molar-refractivity contribution in [3.63, 3.8) is 0 Å². The molecule has 1 fully saturated rings. The van der Waals surface area contributed by atoms with Crippen molar-refractivity contribution >= 4 is 5.97 Å². The lowest BCUT2D eigenvalue weighted by atomic mass is 9.90. The van der Waals surface area contributed by atoms with Gasteiger partial charge in [-0.1, -0.05) is 31.4 Å². The van der Waals surface area contributed by atoms with Crippen LogP contribution in [0.4, 0.5) is 0 Å². The van der Waals surface area contributed by atoms with Gasteiger partial charge in [0.05, 0.1) is 13.0 Å². The smallest absolute Gasteiger partial charge is 0.307 e. The fraction of sp³-hybridized carbons (Fsp3) is 0.533. The minimum Gasteiger partial charge on any atom is -0.493 e. The van der Waals surface area contributed by atoms with Crippen LogP contribution in [0.2, 0.25) is 0 Å². The van der Waals surface area contributed by atoms with Gasteiger partial charge < -0.3 is 9.84 Å². The van der Waals surface area contributed by atoms with E-state index >= 15 is 0 Å². The number of hydrogen-bond donors (Lipinski definition) is 1. The Balaban J connectivity index is 1.80. The van der Waals surface area contributed by atoms with Crippen LogP contribution in [0, 0.1) is 5.92 Å². The van der Waals surface area contributed by atoms with E-state index in [9.17, 15) is 4.79 Å². The first-order chi connectivity index (χ1) is 8.74. The minimum absolute atomic E-state index is 0.0723. The lowest BCUT2D eigenvalue weighted by molar-refractivity contribution is -0.136. The van der Waals surface area contributed by atoms with Gasteiger partial charge in [0.15, 0.2) is 0 Å². The van der Waals surface area contributed by atoms with E-state index in [1.807, 2.05) is 24.3 Å². The van der Waals surface area contributed by atoms with Crippen molar-refractivity contribution in [1.29, 1.82) is 0 Å². The van der Waals surface area contributed by atoms with Crippen molar-refractivity contribution < 1.29 is 14.6 Å². The van der Waals surface area contributed by atoms with Gasteiger partial charge in [0.2, 0.25) is 0 Å². The fourth-order valence-electron chi connectivity index (χ4n) is 2.45. The molecule has 2 rings (SSSR count). The van der Waals surface area contributed by atoms with E-state index in [4.69, 9.17) is 9.84 Å². The summed E-state index contributed by atoms with van der Waals surface area (Å²) in [7, 11) is 0. The van der Waals surface area contributed by atoms with Gasteiger partial charge in [-0.25, -0.2) is 0 Å². The van der Waals surface area contributed by atoms with Crippen molar-refractivity contribution in [2.75, 3.05) is 6.61 Å². The van der Waals surface area contributed by atoms with Crippen LogP contribution in [0.1, 0.15) is 37.7 Å². The van der Waals surface area contributed by atoms with Crippen molar-refractivity contribution in [3.8, 4) is 5.75 Å². The zero-order chi connectivity index (χ0) is 12.8. The van der Waals surface area contributed by atoms with Crippen LogP contribution in [0.25, 0.3) is 0 Å². The molecule has 3 nitrogen and oxygen atoms in total. The predicted octanol–water partition coefficient (Wildman–Crippen LogP) is 3.27. The van der Waals surface area contributed by atoms with Crippen LogP contribution >= 0.6 is 0 Å². The normalized spacial score (nSPS) is 16.4. The van der Waals surface area contributed by atoms with Crippen LogP contribution in [-0.4, -0.2) is 17.7 Å². The molecule has 0 radical (unpaired) electrons. The molecule has 0 spiro atoms. The zero-order valence-corrected chi connectivity index (χ0v) is 10.6. The third-order valence-electron chi connectivity index (χ3n) is 3.49. The molecule has 0 heterocycles. The topological polar surface area (TPSA) is 46.5 Å². The summed E-state index contributed by atoms with van der Waals surface area (Å²) in [5, 5.41) is 8.68. The number of hydrogen-bond acceptors (Lipinski definition) is 2. The van der Waals surface area contributed by atoms with Crippen LogP contribution in [0.5, 0.6) is 5.75 Å². The van der Waals surface area contributed by atoms with E-state index in [1.54, 1.807) is 0 Å². The maximum atomic E-state index is 10.6. The van der Waals surface area contributed by atoms with E-state index in [2.05, 4.69) is 0 Å². The number of aliphatic carboxylic acids is 1. The highest BCUT2D eigenvalue weighted by molar-refractivity contribution is 5.70. The first-order valence-electron chi connectivity index (χ1n) is 6.67. The third kappa shape index (κ3) is 4.06. The van der Waals surface area contributed by atoms with Crippen LogP contribution < -0.4 is 4.74 Å². The molecule has 1 N–H and O–H groups in total. The molecule has 1 aliphatic rings. The summed E-state index contributed by atoms with van der Waals surface area (Å²) in [5.74, 6) is 0.734. The lowest BCUT2D eigenvalue weighted by Crippen LogP contribution is -2.15. The molecule has 0 unspecified atom stereocenters. The lowest BCUT2D eigenvalue weighted by Gasteiger charge is -2.21. The third-order valence-corrected chi connectivity index (χ3v) is 3.49. The van der Waals surface area contributed by atoms with Crippen LogP contribution in [0.15, 0.2) is 24.3 Å². The van der Waals surface area contributed by atoms with Crippen LogP contribution in [-0.2, 0) is 11.2 Å².